The number of hydrogen-bond donors (Lipinski definition) is 1. The number of carbonyl (C=O) groups excluding carboxylic acids is 1. The van der Waals surface area contributed by atoms with Crippen molar-refractivity contribution in [3.8, 4) is 0 Å². The third kappa shape index (κ3) is 4.45. The average Bonchev–Trinajstić information content (AvgIpc) is 2.69. The van der Waals surface area contributed by atoms with Gasteiger partial charge in [0.05, 0.1) is 11.5 Å². The lowest BCUT2D eigenvalue weighted by atomic mass is 9.99. The Hall–Kier alpha value is -0.620. The molecule has 19 heavy (non-hydrogen) atoms. The largest absolute Gasteiger partial charge is 0.343 e. The molecule has 2 heterocycles. The van der Waals surface area contributed by atoms with Crippen molar-refractivity contribution >= 4 is 15.7 Å². The van der Waals surface area contributed by atoms with Crippen LogP contribution < -0.4 is 5.32 Å². The Morgan fingerprint density at radius 3 is 2.53 bits per heavy atom. The van der Waals surface area contributed by atoms with Crippen LogP contribution in [-0.2, 0) is 14.6 Å². The summed E-state index contributed by atoms with van der Waals surface area (Å²) in [5, 5.41) is 3.19. The first kappa shape index (κ1) is 14.8. The van der Waals surface area contributed by atoms with Crippen LogP contribution in [0.5, 0.6) is 0 Å². The molecule has 0 spiro atoms. The van der Waals surface area contributed by atoms with E-state index in [0.717, 1.165) is 31.8 Å². The monoisotopic (exact) mass is 288 g/mol. The summed E-state index contributed by atoms with van der Waals surface area (Å²) in [7, 11) is -2.83. The van der Waals surface area contributed by atoms with Crippen molar-refractivity contribution in [1.29, 1.82) is 0 Å². The minimum Gasteiger partial charge on any atom is -0.343 e. The van der Waals surface area contributed by atoms with Gasteiger partial charge in [0, 0.05) is 32.1 Å². The van der Waals surface area contributed by atoms with Gasteiger partial charge in [-0.15, -0.1) is 0 Å². The molecule has 1 unspecified atom stereocenters. The second-order valence-electron chi connectivity index (χ2n) is 5.87. The maximum atomic E-state index is 12.0. The van der Waals surface area contributed by atoms with Crippen LogP contribution in [0, 0.1) is 5.92 Å². The molecular weight excluding hydrogens is 264 g/mol. The molecule has 1 amide bonds. The predicted molar refractivity (Wildman–Crippen MR) is 74.7 cm³/mol. The SMILES string of the molecule is CC1CCN(C(=O)CCNC2CCS(=O)(=O)C2)CC1. The average molecular weight is 288 g/mol. The number of nitrogens with zero attached hydrogens (tertiary/aromatic N) is 1. The van der Waals surface area contributed by atoms with Gasteiger partial charge in [0.1, 0.15) is 0 Å². The molecule has 0 bridgehead atoms. The number of hydrogen-bond acceptors (Lipinski definition) is 4. The van der Waals surface area contributed by atoms with Crippen molar-refractivity contribution in [1.82, 2.24) is 10.2 Å². The standard InChI is InChI=1S/C13H24N2O3S/c1-11-3-7-15(8-4-11)13(16)2-6-14-12-5-9-19(17,18)10-12/h11-12,14H,2-10H2,1H3. The molecule has 110 valence electrons. The van der Waals surface area contributed by atoms with E-state index in [1.807, 2.05) is 4.90 Å². The van der Waals surface area contributed by atoms with Crippen molar-refractivity contribution in [3.05, 3.63) is 0 Å². The van der Waals surface area contributed by atoms with Crippen LogP contribution in [0.25, 0.3) is 0 Å². The van der Waals surface area contributed by atoms with Crippen molar-refractivity contribution in [3.63, 3.8) is 0 Å². The fraction of sp³-hybridized carbons (Fsp3) is 0.923. The van der Waals surface area contributed by atoms with E-state index < -0.39 is 9.84 Å². The van der Waals surface area contributed by atoms with Crippen LogP contribution in [0.4, 0.5) is 0 Å². The number of amides is 1. The maximum absolute atomic E-state index is 12.0. The van der Waals surface area contributed by atoms with Gasteiger partial charge in [0.25, 0.3) is 0 Å². The number of nitrogens with one attached hydrogen (secondary N) is 1. The fourth-order valence-electron chi connectivity index (χ4n) is 2.76. The van der Waals surface area contributed by atoms with E-state index in [1.54, 1.807) is 0 Å². The van der Waals surface area contributed by atoms with Gasteiger partial charge >= 0.3 is 0 Å². The van der Waals surface area contributed by atoms with Gasteiger partial charge in [0.15, 0.2) is 9.84 Å². The number of likely N-dealkylation sites (tertiary alicyclic amines) is 1. The Labute approximate surface area is 115 Å². The summed E-state index contributed by atoms with van der Waals surface area (Å²) in [5.41, 5.74) is 0. The molecular formula is C13H24N2O3S. The predicted octanol–water partition coefficient (Wildman–Crippen LogP) is 0.412. The molecule has 0 aliphatic carbocycles. The highest BCUT2D eigenvalue weighted by Crippen LogP contribution is 2.16. The molecule has 0 aromatic carbocycles. The third-order valence-electron chi connectivity index (χ3n) is 4.14. The lowest BCUT2D eigenvalue weighted by Gasteiger charge is -2.30. The number of piperidine rings is 1. The maximum Gasteiger partial charge on any atom is 0.223 e. The molecule has 0 aromatic rings. The van der Waals surface area contributed by atoms with Crippen LogP contribution in [0.3, 0.4) is 0 Å². The Balaban J connectivity index is 1.64. The zero-order chi connectivity index (χ0) is 13.9. The highest BCUT2D eigenvalue weighted by Gasteiger charge is 2.27. The lowest BCUT2D eigenvalue weighted by molar-refractivity contribution is -0.132. The van der Waals surface area contributed by atoms with E-state index >= 15 is 0 Å². The molecule has 0 radical (unpaired) electrons. The Morgan fingerprint density at radius 1 is 1.26 bits per heavy atom. The van der Waals surface area contributed by atoms with Gasteiger partial charge in [-0.1, -0.05) is 6.92 Å². The van der Waals surface area contributed by atoms with E-state index in [-0.39, 0.29) is 23.5 Å². The van der Waals surface area contributed by atoms with E-state index in [1.165, 1.54) is 0 Å². The topological polar surface area (TPSA) is 66.5 Å². The smallest absolute Gasteiger partial charge is 0.223 e. The first-order chi connectivity index (χ1) is 8.96. The molecule has 2 fully saturated rings. The van der Waals surface area contributed by atoms with E-state index in [0.29, 0.717) is 19.4 Å². The van der Waals surface area contributed by atoms with Crippen LogP contribution >= 0.6 is 0 Å². The van der Waals surface area contributed by atoms with Crippen molar-refractivity contribution in [2.24, 2.45) is 5.92 Å². The van der Waals surface area contributed by atoms with Crippen LogP contribution in [0.1, 0.15) is 32.6 Å². The van der Waals surface area contributed by atoms with Gasteiger partial charge < -0.3 is 10.2 Å². The van der Waals surface area contributed by atoms with E-state index in [4.69, 9.17) is 0 Å². The molecule has 0 aromatic heterocycles. The molecule has 2 aliphatic rings. The van der Waals surface area contributed by atoms with E-state index in [9.17, 15) is 13.2 Å². The lowest BCUT2D eigenvalue weighted by Crippen LogP contribution is -2.40. The summed E-state index contributed by atoms with van der Waals surface area (Å²) in [6, 6.07) is 0.0409. The van der Waals surface area contributed by atoms with Gasteiger partial charge in [0.2, 0.25) is 5.91 Å². The summed E-state index contributed by atoms with van der Waals surface area (Å²) in [6.45, 7) is 4.56. The first-order valence-corrected chi connectivity index (χ1v) is 9.00. The molecule has 1 N–H and O–H groups in total. The second-order valence-corrected chi connectivity index (χ2v) is 8.10. The molecule has 2 rings (SSSR count). The molecule has 6 heteroatoms. The molecule has 1 atom stereocenters. The third-order valence-corrected chi connectivity index (χ3v) is 5.91. The highest BCUT2D eigenvalue weighted by molar-refractivity contribution is 7.91. The highest BCUT2D eigenvalue weighted by atomic mass is 32.2. The fourth-order valence-corrected chi connectivity index (χ4v) is 4.46. The minimum atomic E-state index is -2.83. The zero-order valence-electron chi connectivity index (χ0n) is 11.6. The summed E-state index contributed by atoms with van der Waals surface area (Å²) in [4.78, 5) is 13.9. The van der Waals surface area contributed by atoms with Crippen molar-refractivity contribution < 1.29 is 13.2 Å². The normalized spacial score (nSPS) is 27.6. The Bertz CT molecular complexity index is 414. The Kier molecular flexibility index (Phi) is 4.84. The van der Waals surface area contributed by atoms with Crippen molar-refractivity contribution in [2.45, 2.75) is 38.6 Å². The van der Waals surface area contributed by atoms with Gasteiger partial charge in [-0.2, -0.15) is 0 Å². The first-order valence-electron chi connectivity index (χ1n) is 7.18. The van der Waals surface area contributed by atoms with Crippen molar-refractivity contribution in [2.75, 3.05) is 31.1 Å². The summed E-state index contributed by atoms with van der Waals surface area (Å²) >= 11 is 0. The van der Waals surface area contributed by atoms with Crippen LogP contribution in [0.2, 0.25) is 0 Å². The molecule has 5 nitrogen and oxygen atoms in total. The number of rotatable bonds is 4. The molecule has 2 saturated heterocycles. The molecule has 0 saturated carbocycles. The number of sulfone groups is 1. The van der Waals surface area contributed by atoms with Gasteiger partial charge in [-0.3, -0.25) is 4.79 Å². The van der Waals surface area contributed by atoms with Crippen LogP contribution in [-0.4, -0.2) is 56.4 Å². The van der Waals surface area contributed by atoms with E-state index in [2.05, 4.69) is 12.2 Å². The summed E-state index contributed by atoms with van der Waals surface area (Å²) < 4.78 is 22.6. The quantitative estimate of drug-likeness (QED) is 0.814. The summed E-state index contributed by atoms with van der Waals surface area (Å²) in [5.74, 6) is 1.43. The number of carbonyl (C=O) groups is 1. The zero-order valence-corrected chi connectivity index (χ0v) is 12.4. The van der Waals surface area contributed by atoms with Crippen LogP contribution in [0.15, 0.2) is 0 Å². The minimum absolute atomic E-state index is 0.0409. The summed E-state index contributed by atoms with van der Waals surface area (Å²) in [6.07, 6.45) is 3.35. The van der Waals surface area contributed by atoms with Gasteiger partial charge in [-0.05, 0) is 25.2 Å². The Morgan fingerprint density at radius 2 is 1.95 bits per heavy atom. The molecule has 2 aliphatic heterocycles. The van der Waals surface area contributed by atoms with Gasteiger partial charge in [-0.25, -0.2) is 8.42 Å². The second kappa shape index (κ2) is 6.22.